The van der Waals surface area contributed by atoms with E-state index in [1.165, 1.54) is 18.2 Å². The second-order valence-corrected chi connectivity index (χ2v) is 2.89. The fourth-order valence-electron chi connectivity index (χ4n) is 1.26. The fourth-order valence-corrected chi connectivity index (χ4v) is 1.26. The van der Waals surface area contributed by atoms with E-state index in [0.717, 1.165) is 0 Å². The van der Waals surface area contributed by atoms with E-state index in [-0.39, 0.29) is 12.3 Å². The highest BCUT2D eigenvalue weighted by molar-refractivity contribution is 6.01. The molecule has 2 rings (SSSR count). The fraction of sp³-hybridized carbons (Fsp3) is 0.200. The molecular weight excluding hydrogens is 201 g/mol. The van der Waals surface area contributed by atoms with Crippen molar-refractivity contribution in [1.29, 1.82) is 0 Å². The number of halogens is 1. The number of esters is 1. The van der Waals surface area contributed by atoms with Crippen LogP contribution in [0.5, 0.6) is 0 Å². The number of hydrogen-bond acceptors (Lipinski definition) is 4. The van der Waals surface area contributed by atoms with Gasteiger partial charge in [-0.15, -0.1) is 0 Å². The topological polar surface area (TPSA) is 52.3 Å². The number of rotatable bonds is 2. The molecule has 0 saturated carbocycles. The minimum atomic E-state index is -0.609. The molecule has 0 N–H and O–H groups in total. The molecule has 1 aromatic heterocycles. The van der Waals surface area contributed by atoms with Crippen LogP contribution in [0.4, 0.5) is 4.39 Å². The molecule has 1 heterocycles. The number of benzene rings is 1. The van der Waals surface area contributed by atoms with Gasteiger partial charge in [-0.05, 0) is 25.1 Å². The largest absolute Gasteiger partial charge is 0.461 e. The summed E-state index contributed by atoms with van der Waals surface area (Å²) in [6, 6.07) is 3.85. The van der Waals surface area contributed by atoms with E-state index in [1.54, 1.807) is 6.92 Å². The first kappa shape index (κ1) is 9.64. The third-order valence-electron chi connectivity index (χ3n) is 1.90. The van der Waals surface area contributed by atoms with Gasteiger partial charge in [-0.25, -0.2) is 9.18 Å². The van der Waals surface area contributed by atoms with Crippen molar-refractivity contribution in [2.45, 2.75) is 6.92 Å². The number of hydrogen-bond donors (Lipinski definition) is 0. The van der Waals surface area contributed by atoms with Crippen molar-refractivity contribution in [3.05, 3.63) is 29.7 Å². The van der Waals surface area contributed by atoms with E-state index in [4.69, 9.17) is 9.26 Å². The van der Waals surface area contributed by atoms with E-state index < -0.39 is 11.8 Å². The summed E-state index contributed by atoms with van der Waals surface area (Å²) >= 11 is 0. The van der Waals surface area contributed by atoms with Gasteiger partial charge in [0.1, 0.15) is 5.82 Å². The Morgan fingerprint density at radius 3 is 3.13 bits per heavy atom. The van der Waals surface area contributed by atoms with Crippen molar-refractivity contribution in [2.75, 3.05) is 6.61 Å². The Morgan fingerprint density at radius 2 is 2.40 bits per heavy atom. The lowest BCUT2D eigenvalue weighted by Gasteiger charge is -1.96. The van der Waals surface area contributed by atoms with Crippen LogP contribution in [-0.4, -0.2) is 17.7 Å². The number of aromatic nitrogens is 1. The number of ether oxygens (including phenoxy) is 1. The summed E-state index contributed by atoms with van der Waals surface area (Å²) in [7, 11) is 0. The van der Waals surface area contributed by atoms with Gasteiger partial charge in [-0.2, -0.15) is 0 Å². The Labute approximate surface area is 84.6 Å². The Bertz CT molecular complexity index is 506. The average Bonchev–Trinajstić information content (AvgIpc) is 2.60. The van der Waals surface area contributed by atoms with E-state index in [1.807, 2.05) is 0 Å². The van der Waals surface area contributed by atoms with Crippen LogP contribution in [0.3, 0.4) is 0 Å². The van der Waals surface area contributed by atoms with Crippen molar-refractivity contribution >= 4 is 16.9 Å². The molecule has 4 nitrogen and oxygen atoms in total. The summed E-state index contributed by atoms with van der Waals surface area (Å²) < 4.78 is 22.5. The summed E-state index contributed by atoms with van der Waals surface area (Å²) in [4.78, 5) is 11.4. The van der Waals surface area contributed by atoms with Gasteiger partial charge in [0, 0.05) is 0 Å². The van der Waals surface area contributed by atoms with Gasteiger partial charge in [-0.1, -0.05) is 5.16 Å². The van der Waals surface area contributed by atoms with Crippen LogP contribution in [0.25, 0.3) is 11.0 Å². The molecule has 0 aliphatic rings. The molecule has 78 valence electrons. The predicted octanol–water partition coefficient (Wildman–Crippen LogP) is 2.14. The molecule has 0 spiro atoms. The van der Waals surface area contributed by atoms with Crippen LogP contribution in [0.2, 0.25) is 0 Å². The van der Waals surface area contributed by atoms with Crippen LogP contribution >= 0.6 is 0 Å². The summed E-state index contributed by atoms with van der Waals surface area (Å²) in [5.41, 5.74) is 0.366. The molecule has 15 heavy (non-hydrogen) atoms. The second kappa shape index (κ2) is 3.68. The maximum Gasteiger partial charge on any atom is 0.361 e. The molecule has 0 unspecified atom stereocenters. The van der Waals surface area contributed by atoms with Crippen LogP contribution in [0.15, 0.2) is 22.7 Å². The molecule has 0 saturated heterocycles. The highest BCUT2D eigenvalue weighted by Gasteiger charge is 2.17. The monoisotopic (exact) mass is 209 g/mol. The summed E-state index contributed by atoms with van der Waals surface area (Å²) in [5.74, 6) is -1.06. The number of nitrogens with zero attached hydrogens (tertiary/aromatic N) is 1. The van der Waals surface area contributed by atoms with Gasteiger partial charge in [0.15, 0.2) is 11.3 Å². The predicted molar refractivity (Wildman–Crippen MR) is 49.9 cm³/mol. The summed E-state index contributed by atoms with van der Waals surface area (Å²) in [6.45, 7) is 1.92. The Kier molecular flexibility index (Phi) is 2.37. The SMILES string of the molecule is CCOC(=O)c1noc2ccc(F)cc12. The average molecular weight is 209 g/mol. The van der Waals surface area contributed by atoms with Gasteiger partial charge in [0.25, 0.3) is 0 Å². The highest BCUT2D eigenvalue weighted by Crippen LogP contribution is 2.20. The molecule has 5 heteroatoms. The summed E-state index contributed by atoms with van der Waals surface area (Å²) in [5, 5.41) is 3.87. The second-order valence-electron chi connectivity index (χ2n) is 2.89. The minimum absolute atomic E-state index is 0.00588. The van der Waals surface area contributed by atoms with Crippen LogP contribution < -0.4 is 0 Å². The Balaban J connectivity index is 2.52. The van der Waals surface area contributed by atoms with E-state index >= 15 is 0 Å². The maximum absolute atomic E-state index is 12.9. The van der Waals surface area contributed by atoms with Gasteiger partial charge in [0.05, 0.1) is 12.0 Å². The molecule has 0 aliphatic carbocycles. The highest BCUT2D eigenvalue weighted by atomic mass is 19.1. The van der Waals surface area contributed by atoms with Crippen molar-refractivity contribution < 1.29 is 18.4 Å². The molecule has 1 aromatic carbocycles. The van der Waals surface area contributed by atoms with Gasteiger partial charge in [0.2, 0.25) is 0 Å². The lowest BCUT2D eigenvalue weighted by atomic mass is 10.2. The third kappa shape index (κ3) is 1.68. The van der Waals surface area contributed by atoms with Gasteiger partial charge >= 0.3 is 5.97 Å². The lowest BCUT2D eigenvalue weighted by molar-refractivity contribution is 0.0517. The van der Waals surface area contributed by atoms with Crippen molar-refractivity contribution in [3.63, 3.8) is 0 Å². The molecule has 0 fully saturated rings. The maximum atomic E-state index is 12.9. The van der Waals surface area contributed by atoms with Crippen molar-refractivity contribution in [1.82, 2.24) is 5.16 Å². The first-order valence-electron chi connectivity index (χ1n) is 4.44. The number of carbonyl (C=O) groups is 1. The lowest BCUT2D eigenvalue weighted by Crippen LogP contribution is -2.05. The summed E-state index contributed by atoms with van der Waals surface area (Å²) in [6.07, 6.45) is 0. The Hall–Kier alpha value is -1.91. The first-order chi connectivity index (χ1) is 7.22. The number of fused-ring (bicyclic) bond motifs is 1. The standard InChI is InChI=1S/C10H8FNO3/c1-2-14-10(13)9-7-5-6(11)3-4-8(7)15-12-9/h3-5H,2H2,1H3. The molecular formula is C10H8FNO3. The molecule has 0 bridgehead atoms. The molecule has 0 aliphatic heterocycles. The zero-order valence-electron chi connectivity index (χ0n) is 7.99. The smallest absolute Gasteiger partial charge is 0.361 e. The molecule has 2 aromatic rings. The van der Waals surface area contributed by atoms with Crippen LogP contribution in [-0.2, 0) is 4.74 Å². The third-order valence-corrected chi connectivity index (χ3v) is 1.90. The zero-order valence-corrected chi connectivity index (χ0v) is 7.99. The zero-order chi connectivity index (χ0) is 10.8. The minimum Gasteiger partial charge on any atom is -0.461 e. The van der Waals surface area contributed by atoms with E-state index in [9.17, 15) is 9.18 Å². The first-order valence-corrected chi connectivity index (χ1v) is 4.44. The van der Waals surface area contributed by atoms with Crippen LogP contribution in [0.1, 0.15) is 17.4 Å². The Morgan fingerprint density at radius 1 is 1.60 bits per heavy atom. The molecule has 0 atom stereocenters. The van der Waals surface area contributed by atoms with Crippen molar-refractivity contribution in [3.8, 4) is 0 Å². The number of carbonyl (C=O) groups excluding carboxylic acids is 1. The quantitative estimate of drug-likeness (QED) is 0.711. The van der Waals surface area contributed by atoms with Crippen molar-refractivity contribution in [2.24, 2.45) is 0 Å². The van der Waals surface area contributed by atoms with E-state index in [0.29, 0.717) is 11.0 Å². The van der Waals surface area contributed by atoms with Gasteiger partial charge < -0.3 is 9.26 Å². The molecule has 0 amide bonds. The normalized spacial score (nSPS) is 10.5. The molecule has 0 radical (unpaired) electrons. The van der Waals surface area contributed by atoms with Gasteiger partial charge in [-0.3, -0.25) is 0 Å². The van der Waals surface area contributed by atoms with Crippen LogP contribution in [0, 0.1) is 5.82 Å². The van der Waals surface area contributed by atoms with E-state index in [2.05, 4.69) is 5.16 Å².